The smallest absolute Gasteiger partial charge is 0.159 e. The lowest BCUT2D eigenvalue weighted by Gasteiger charge is -2.09. The lowest BCUT2D eigenvalue weighted by atomic mass is 10.2. The van der Waals surface area contributed by atoms with Gasteiger partial charge in [-0.1, -0.05) is 6.92 Å². The summed E-state index contributed by atoms with van der Waals surface area (Å²) in [4.78, 5) is 8.70. The van der Waals surface area contributed by atoms with E-state index in [2.05, 4.69) is 22.2 Å². The second kappa shape index (κ2) is 5.07. The van der Waals surface area contributed by atoms with Gasteiger partial charge in [-0.3, -0.25) is 0 Å². The molecule has 0 saturated carbocycles. The van der Waals surface area contributed by atoms with Crippen LogP contribution in [0.4, 0.5) is 5.82 Å². The van der Waals surface area contributed by atoms with Gasteiger partial charge in [-0.2, -0.15) is 0 Å². The van der Waals surface area contributed by atoms with E-state index in [1.165, 1.54) is 0 Å². The molecule has 0 aromatic carbocycles. The number of hydrogen-bond acceptors (Lipinski definition) is 4. The summed E-state index contributed by atoms with van der Waals surface area (Å²) in [5.41, 5.74) is 0. The van der Waals surface area contributed by atoms with Crippen LogP contribution < -0.4 is 5.32 Å². The first-order valence-electron chi connectivity index (χ1n) is 5.58. The van der Waals surface area contributed by atoms with Crippen molar-refractivity contribution in [2.75, 3.05) is 18.5 Å². The van der Waals surface area contributed by atoms with Crippen molar-refractivity contribution in [2.24, 2.45) is 0 Å². The second-order valence-corrected chi connectivity index (χ2v) is 3.73. The van der Waals surface area contributed by atoms with Crippen molar-refractivity contribution < 1.29 is 4.74 Å². The molecule has 0 spiro atoms. The molecule has 15 heavy (non-hydrogen) atoms. The van der Waals surface area contributed by atoms with Gasteiger partial charge in [0, 0.05) is 19.3 Å². The van der Waals surface area contributed by atoms with Gasteiger partial charge in [0.25, 0.3) is 0 Å². The summed E-state index contributed by atoms with van der Waals surface area (Å²) in [7, 11) is 0. The highest BCUT2D eigenvalue weighted by Gasteiger charge is 2.20. The average Bonchev–Trinajstić information content (AvgIpc) is 2.80. The molecule has 1 atom stereocenters. The maximum absolute atomic E-state index is 5.55. The molecule has 0 bridgehead atoms. The SMILES string of the molecule is CCCNc1ccnc(C2CCCO2)n1. The second-order valence-electron chi connectivity index (χ2n) is 3.73. The summed E-state index contributed by atoms with van der Waals surface area (Å²) in [6, 6.07) is 1.90. The molecule has 4 heteroatoms. The summed E-state index contributed by atoms with van der Waals surface area (Å²) in [5, 5.41) is 3.25. The topological polar surface area (TPSA) is 47.0 Å². The fourth-order valence-electron chi connectivity index (χ4n) is 1.66. The van der Waals surface area contributed by atoms with E-state index in [1.807, 2.05) is 6.07 Å². The van der Waals surface area contributed by atoms with Gasteiger partial charge in [-0.05, 0) is 25.3 Å². The van der Waals surface area contributed by atoms with E-state index in [0.717, 1.165) is 44.1 Å². The molecule has 0 aliphatic carbocycles. The van der Waals surface area contributed by atoms with Gasteiger partial charge in [-0.15, -0.1) is 0 Å². The Labute approximate surface area is 90.1 Å². The third kappa shape index (κ3) is 2.65. The Bertz CT molecular complexity index is 310. The Balaban J connectivity index is 2.04. The Hall–Kier alpha value is -1.16. The van der Waals surface area contributed by atoms with Crippen LogP contribution in [0, 0.1) is 0 Å². The summed E-state index contributed by atoms with van der Waals surface area (Å²) in [5.74, 6) is 1.71. The molecule has 2 rings (SSSR count). The standard InChI is InChI=1S/C11H17N3O/c1-2-6-12-10-5-7-13-11(14-10)9-4-3-8-15-9/h5,7,9H,2-4,6,8H2,1H3,(H,12,13,14). The zero-order valence-corrected chi connectivity index (χ0v) is 9.07. The molecule has 0 radical (unpaired) electrons. The molecular weight excluding hydrogens is 190 g/mol. The van der Waals surface area contributed by atoms with E-state index in [4.69, 9.17) is 4.74 Å². The summed E-state index contributed by atoms with van der Waals surface area (Å²) < 4.78 is 5.55. The van der Waals surface area contributed by atoms with Crippen molar-refractivity contribution in [3.05, 3.63) is 18.1 Å². The summed E-state index contributed by atoms with van der Waals surface area (Å²) in [6.07, 6.45) is 5.15. The molecule has 1 unspecified atom stereocenters. The van der Waals surface area contributed by atoms with Crippen molar-refractivity contribution in [1.82, 2.24) is 9.97 Å². The first-order chi connectivity index (χ1) is 7.40. The Morgan fingerprint density at radius 3 is 3.27 bits per heavy atom. The van der Waals surface area contributed by atoms with Gasteiger partial charge in [-0.25, -0.2) is 9.97 Å². The zero-order valence-electron chi connectivity index (χ0n) is 9.07. The molecule has 1 aromatic rings. The van der Waals surface area contributed by atoms with Crippen LogP contribution in [0.15, 0.2) is 12.3 Å². The fraction of sp³-hybridized carbons (Fsp3) is 0.636. The number of hydrogen-bond donors (Lipinski definition) is 1. The van der Waals surface area contributed by atoms with Crippen molar-refractivity contribution in [2.45, 2.75) is 32.3 Å². The third-order valence-electron chi connectivity index (χ3n) is 2.45. The first kappa shape index (κ1) is 10.4. The van der Waals surface area contributed by atoms with Gasteiger partial charge >= 0.3 is 0 Å². The Kier molecular flexibility index (Phi) is 3.50. The van der Waals surface area contributed by atoms with Crippen molar-refractivity contribution >= 4 is 5.82 Å². The molecule has 2 heterocycles. The number of ether oxygens (including phenoxy) is 1. The summed E-state index contributed by atoms with van der Waals surface area (Å²) in [6.45, 7) is 3.91. The molecular formula is C11H17N3O. The molecule has 1 aliphatic heterocycles. The molecule has 1 N–H and O–H groups in total. The molecule has 1 aromatic heterocycles. The fourth-order valence-corrected chi connectivity index (χ4v) is 1.66. The Morgan fingerprint density at radius 1 is 1.60 bits per heavy atom. The average molecular weight is 207 g/mol. The van der Waals surface area contributed by atoms with Crippen LogP contribution in [0.1, 0.15) is 38.1 Å². The third-order valence-corrected chi connectivity index (χ3v) is 2.45. The van der Waals surface area contributed by atoms with Gasteiger partial charge in [0.15, 0.2) is 5.82 Å². The molecule has 1 fully saturated rings. The van der Waals surface area contributed by atoms with E-state index in [9.17, 15) is 0 Å². The summed E-state index contributed by atoms with van der Waals surface area (Å²) >= 11 is 0. The molecule has 1 aliphatic rings. The largest absolute Gasteiger partial charge is 0.370 e. The van der Waals surface area contributed by atoms with Crippen LogP contribution in [0.2, 0.25) is 0 Å². The highest BCUT2D eigenvalue weighted by Crippen LogP contribution is 2.25. The van der Waals surface area contributed by atoms with E-state index in [1.54, 1.807) is 6.20 Å². The maximum Gasteiger partial charge on any atom is 0.159 e. The molecule has 0 amide bonds. The monoisotopic (exact) mass is 207 g/mol. The van der Waals surface area contributed by atoms with E-state index in [-0.39, 0.29) is 6.10 Å². The number of nitrogens with one attached hydrogen (secondary N) is 1. The van der Waals surface area contributed by atoms with Gasteiger partial charge in [0.2, 0.25) is 0 Å². The van der Waals surface area contributed by atoms with E-state index >= 15 is 0 Å². The highest BCUT2D eigenvalue weighted by molar-refractivity contribution is 5.32. The van der Waals surface area contributed by atoms with Gasteiger partial charge < -0.3 is 10.1 Å². The highest BCUT2D eigenvalue weighted by atomic mass is 16.5. The minimum atomic E-state index is 0.105. The van der Waals surface area contributed by atoms with Crippen molar-refractivity contribution in [3.8, 4) is 0 Å². The number of anilines is 1. The van der Waals surface area contributed by atoms with Crippen LogP contribution in [0.25, 0.3) is 0 Å². The van der Waals surface area contributed by atoms with Crippen LogP contribution in [0.5, 0.6) is 0 Å². The molecule has 82 valence electrons. The lowest BCUT2D eigenvalue weighted by Crippen LogP contribution is -2.07. The zero-order chi connectivity index (χ0) is 10.5. The number of nitrogens with zero attached hydrogens (tertiary/aromatic N) is 2. The van der Waals surface area contributed by atoms with Crippen LogP contribution >= 0.6 is 0 Å². The quantitative estimate of drug-likeness (QED) is 0.821. The molecule has 1 saturated heterocycles. The predicted molar refractivity (Wildman–Crippen MR) is 58.7 cm³/mol. The van der Waals surface area contributed by atoms with E-state index in [0.29, 0.717) is 0 Å². The number of rotatable bonds is 4. The van der Waals surface area contributed by atoms with Crippen LogP contribution in [-0.2, 0) is 4.74 Å². The van der Waals surface area contributed by atoms with Crippen molar-refractivity contribution in [1.29, 1.82) is 0 Å². The minimum Gasteiger partial charge on any atom is -0.370 e. The first-order valence-corrected chi connectivity index (χ1v) is 5.58. The van der Waals surface area contributed by atoms with Crippen molar-refractivity contribution in [3.63, 3.8) is 0 Å². The Morgan fingerprint density at radius 2 is 2.53 bits per heavy atom. The van der Waals surface area contributed by atoms with Crippen LogP contribution in [0.3, 0.4) is 0 Å². The van der Waals surface area contributed by atoms with Gasteiger partial charge in [0.1, 0.15) is 11.9 Å². The maximum atomic E-state index is 5.55. The minimum absolute atomic E-state index is 0.105. The number of aromatic nitrogens is 2. The van der Waals surface area contributed by atoms with Gasteiger partial charge in [0.05, 0.1) is 0 Å². The predicted octanol–water partition coefficient (Wildman–Crippen LogP) is 2.15. The van der Waals surface area contributed by atoms with Crippen LogP contribution in [-0.4, -0.2) is 23.1 Å². The van der Waals surface area contributed by atoms with E-state index < -0.39 is 0 Å². The molecule has 4 nitrogen and oxygen atoms in total. The normalized spacial score (nSPS) is 20.5. The lowest BCUT2D eigenvalue weighted by molar-refractivity contribution is 0.105.